The number of nitrogens with zero attached hydrogens (tertiary/aromatic N) is 4. The molecule has 3 fully saturated rings. The first kappa shape index (κ1) is 19.7. The van der Waals surface area contributed by atoms with Crippen molar-refractivity contribution in [2.24, 2.45) is 17.8 Å². The number of nitrogens with one attached hydrogen (secondary N) is 1. The number of aromatic nitrogens is 3. The number of aromatic amines is 1. The van der Waals surface area contributed by atoms with Gasteiger partial charge in [-0.2, -0.15) is 5.10 Å². The molecule has 3 aliphatic rings. The molecule has 4 atom stereocenters. The second-order valence-corrected chi connectivity index (χ2v) is 9.46. The van der Waals surface area contributed by atoms with Crippen LogP contribution in [0.5, 0.6) is 0 Å². The third-order valence-electron chi connectivity index (χ3n) is 7.10. The van der Waals surface area contributed by atoms with Gasteiger partial charge < -0.3 is 14.5 Å². The standard InChI is InChI=1S/C23H31N5O2/c1-27(2)20-9-18-11-28(12-19(18)10-21(20)30-13-15-3-4-15)23(29)17-7-5-16(6-8-17)22-24-14-25-26-22/h5-8,14-15,18-21H,3-4,9-13H2,1-2H3,(H,24,25,26)/t18-,19+,20-,21-/m1/s1. The molecular formula is C23H31N5O2. The van der Waals surface area contributed by atoms with E-state index < -0.39 is 0 Å². The highest BCUT2D eigenvalue weighted by Crippen LogP contribution is 2.40. The summed E-state index contributed by atoms with van der Waals surface area (Å²) >= 11 is 0. The second kappa shape index (κ2) is 8.12. The molecule has 2 aliphatic carbocycles. The van der Waals surface area contributed by atoms with Crippen LogP contribution in [0.3, 0.4) is 0 Å². The fraction of sp³-hybridized carbons (Fsp3) is 0.609. The molecule has 0 unspecified atom stereocenters. The summed E-state index contributed by atoms with van der Waals surface area (Å²) in [4.78, 5) is 21.7. The van der Waals surface area contributed by atoms with Crippen molar-refractivity contribution in [2.75, 3.05) is 33.8 Å². The fourth-order valence-corrected chi connectivity index (χ4v) is 5.12. The molecule has 1 N–H and O–H groups in total. The monoisotopic (exact) mass is 409 g/mol. The van der Waals surface area contributed by atoms with Crippen LogP contribution in [0.25, 0.3) is 11.4 Å². The first-order valence-corrected chi connectivity index (χ1v) is 11.1. The van der Waals surface area contributed by atoms with Crippen LogP contribution < -0.4 is 0 Å². The molecule has 2 aromatic rings. The molecule has 1 saturated heterocycles. The average molecular weight is 410 g/mol. The second-order valence-electron chi connectivity index (χ2n) is 9.46. The molecule has 0 radical (unpaired) electrons. The maximum Gasteiger partial charge on any atom is 0.253 e. The number of benzene rings is 1. The van der Waals surface area contributed by atoms with Gasteiger partial charge in [-0.05, 0) is 69.7 Å². The number of hydrogen-bond donors (Lipinski definition) is 1. The largest absolute Gasteiger partial charge is 0.376 e. The van der Waals surface area contributed by atoms with Gasteiger partial charge in [0.05, 0.1) is 6.10 Å². The van der Waals surface area contributed by atoms with Crippen molar-refractivity contribution in [3.05, 3.63) is 36.2 Å². The van der Waals surface area contributed by atoms with Gasteiger partial charge in [-0.3, -0.25) is 9.89 Å². The maximum absolute atomic E-state index is 13.2. The summed E-state index contributed by atoms with van der Waals surface area (Å²) in [5.74, 6) is 2.74. The minimum Gasteiger partial charge on any atom is -0.376 e. The number of rotatable bonds is 6. The van der Waals surface area contributed by atoms with Crippen molar-refractivity contribution >= 4 is 5.91 Å². The van der Waals surface area contributed by atoms with E-state index in [0.717, 1.165) is 49.6 Å². The molecule has 1 aromatic carbocycles. The van der Waals surface area contributed by atoms with Crippen LogP contribution in [-0.4, -0.2) is 76.8 Å². The molecule has 0 spiro atoms. The van der Waals surface area contributed by atoms with Crippen molar-refractivity contribution in [3.63, 3.8) is 0 Å². The van der Waals surface area contributed by atoms with E-state index in [9.17, 15) is 4.79 Å². The summed E-state index contributed by atoms with van der Waals surface area (Å²) in [6, 6.07) is 8.10. The Balaban J connectivity index is 1.24. The average Bonchev–Trinajstić information content (AvgIpc) is 3.25. The fourth-order valence-electron chi connectivity index (χ4n) is 5.12. The predicted molar refractivity (Wildman–Crippen MR) is 114 cm³/mol. The molecule has 1 amide bonds. The summed E-state index contributed by atoms with van der Waals surface area (Å²) in [5.41, 5.74) is 1.67. The van der Waals surface area contributed by atoms with Gasteiger partial charge in [0.1, 0.15) is 6.33 Å². The zero-order valence-corrected chi connectivity index (χ0v) is 17.8. The predicted octanol–water partition coefficient (Wildman–Crippen LogP) is 2.68. The third-order valence-corrected chi connectivity index (χ3v) is 7.10. The lowest BCUT2D eigenvalue weighted by atomic mass is 9.77. The van der Waals surface area contributed by atoms with Gasteiger partial charge in [0.2, 0.25) is 0 Å². The SMILES string of the molecule is CN(C)[C@@H]1C[C@@H]2CN(C(=O)c3ccc(-c4ncn[nH]4)cc3)C[C@@H]2C[C@H]1OCC1CC1. The minimum atomic E-state index is 0.130. The van der Waals surface area contributed by atoms with Gasteiger partial charge in [-0.15, -0.1) is 0 Å². The van der Waals surface area contributed by atoms with Crippen molar-refractivity contribution in [3.8, 4) is 11.4 Å². The van der Waals surface area contributed by atoms with E-state index in [1.807, 2.05) is 24.3 Å². The Morgan fingerprint density at radius 3 is 2.53 bits per heavy atom. The van der Waals surface area contributed by atoms with Gasteiger partial charge >= 0.3 is 0 Å². The van der Waals surface area contributed by atoms with Crippen LogP contribution >= 0.6 is 0 Å². The van der Waals surface area contributed by atoms with Gasteiger partial charge in [-0.25, -0.2) is 4.98 Å². The molecule has 5 rings (SSSR count). The molecule has 0 bridgehead atoms. The lowest BCUT2D eigenvalue weighted by Gasteiger charge is -2.41. The van der Waals surface area contributed by atoms with Gasteiger partial charge in [0.25, 0.3) is 5.91 Å². The first-order valence-electron chi connectivity index (χ1n) is 11.1. The molecule has 30 heavy (non-hydrogen) atoms. The number of hydrogen-bond acceptors (Lipinski definition) is 5. The Bertz CT molecular complexity index is 862. The van der Waals surface area contributed by atoms with Gasteiger partial charge in [0, 0.05) is 36.9 Å². The minimum absolute atomic E-state index is 0.130. The van der Waals surface area contributed by atoms with Crippen LogP contribution in [0.1, 0.15) is 36.0 Å². The Labute approximate surface area is 177 Å². The van der Waals surface area contributed by atoms with Gasteiger partial charge in [-0.1, -0.05) is 12.1 Å². The number of carbonyl (C=O) groups excluding carboxylic acids is 1. The van der Waals surface area contributed by atoms with Crippen molar-refractivity contribution in [1.82, 2.24) is 25.0 Å². The van der Waals surface area contributed by atoms with E-state index in [1.54, 1.807) is 0 Å². The first-order chi connectivity index (χ1) is 14.6. The highest BCUT2D eigenvalue weighted by molar-refractivity contribution is 5.94. The Morgan fingerprint density at radius 1 is 1.17 bits per heavy atom. The highest BCUT2D eigenvalue weighted by atomic mass is 16.5. The normalized spacial score (nSPS) is 28.7. The Hall–Kier alpha value is -2.25. The molecular weight excluding hydrogens is 378 g/mol. The van der Waals surface area contributed by atoms with E-state index in [2.05, 4.69) is 39.1 Å². The van der Waals surface area contributed by atoms with Crippen LogP contribution in [0.2, 0.25) is 0 Å². The van der Waals surface area contributed by atoms with Crippen molar-refractivity contribution in [2.45, 2.75) is 37.8 Å². The molecule has 7 nitrogen and oxygen atoms in total. The van der Waals surface area contributed by atoms with Crippen LogP contribution in [-0.2, 0) is 4.74 Å². The number of likely N-dealkylation sites (tertiary alicyclic amines) is 1. The molecule has 7 heteroatoms. The highest BCUT2D eigenvalue weighted by Gasteiger charge is 2.45. The van der Waals surface area contributed by atoms with Crippen LogP contribution in [0.4, 0.5) is 0 Å². The van der Waals surface area contributed by atoms with E-state index in [1.165, 1.54) is 19.2 Å². The van der Waals surface area contributed by atoms with E-state index in [4.69, 9.17) is 4.74 Å². The zero-order valence-electron chi connectivity index (χ0n) is 17.8. The number of likely N-dealkylation sites (N-methyl/N-ethyl adjacent to an activating group) is 1. The van der Waals surface area contributed by atoms with Crippen LogP contribution in [0, 0.1) is 17.8 Å². The zero-order chi connectivity index (χ0) is 20.7. The third kappa shape index (κ3) is 4.01. The molecule has 2 saturated carbocycles. The summed E-state index contributed by atoms with van der Waals surface area (Å²) in [6.45, 7) is 2.61. The smallest absolute Gasteiger partial charge is 0.253 e. The molecule has 1 aliphatic heterocycles. The molecule has 1 aromatic heterocycles. The van der Waals surface area contributed by atoms with Gasteiger partial charge in [0.15, 0.2) is 5.82 Å². The summed E-state index contributed by atoms with van der Waals surface area (Å²) < 4.78 is 6.36. The lowest BCUT2D eigenvalue weighted by molar-refractivity contribution is -0.0493. The van der Waals surface area contributed by atoms with Crippen molar-refractivity contribution < 1.29 is 9.53 Å². The number of H-pyrrole nitrogens is 1. The number of fused-ring (bicyclic) bond motifs is 1. The maximum atomic E-state index is 13.2. The molecule has 160 valence electrons. The summed E-state index contributed by atoms with van der Waals surface area (Å²) in [6.07, 6.45) is 6.60. The van der Waals surface area contributed by atoms with E-state index >= 15 is 0 Å². The summed E-state index contributed by atoms with van der Waals surface area (Å²) in [5, 5.41) is 6.74. The number of carbonyl (C=O) groups is 1. The Morgan fingerprint density at radius 2 is 1.90 bits per heavy atom. The Kier molecular flexibility index (Phi) is 5.33. The molecule has 2 heterocycles. The quantitative estimate of drug-likeness (QED) is 0.794. The number of amides is 1. The van der Waals surface area contributed by atoms with Crippen LogP contribution in [0.15, 0.2) is 30.6 Å². The van der Waals surface area contributed by atoms with E-state index in [-0.39, 0.29) is 12.0 Å². The van der Waals surface area contributed by atoms with E-state index in [0.29, 0.717) is 23.7 Å². The topological polar surface area (TPSA) is 74.4 Å². The number of ether oxygens (including phenoxy) is 1. The van der Waals surface area contributed by atoms with Crippen molar-refractivity contribution in [1.29, 1.82) is 0 Å². The lowest BCUT2D eigenvalue weighted by Crippen LogP contribution is -2.48. The summed E-state index contributed by atoms with van der Waals surface area (Å²) in [7, 11) is 4.32.